The average molecular weight is 492 g/mol. The normalized spacial score (nSPS) is 12.9. The average Bonchev–Trinajstić information content (AvgIpc) is 3.11. The van der Waals surface area contributed by atoms with E-state index in [0.717, 1.165) is 5.39 Å². The zero-order valence-electron chi connectivity index (χ0n) is 19.2. The van der Waals surface area contributed by atoms with Crippen molar-refractivity contribution in [2.75, 3.05) is 11.5 Å². The van der Waals surface area contributed by atoms with E-state index < -0.39 is 30.5 Å². The molecule has 2 heterocycles. The molecule has 178 valence electrons. The number of sulfone groups is 2. The van der Waals surface area contributed by atoms with Gasteiger partial charge in [-0.25, -0.2) is 22.3 Å². The molecule has 10 heteroatoms. The van der Waals surface area contributed by atoms with E-state index in [1.54, 1.807) is 32.0 Å². The summed E-state index contributed by atoms with van der Waals surface area (Å²) < 4.78 is 55.1. The molecule has 0 saturated heterocycles. The van der Waals surface area contributed by atoms with Gasteiger partial charge in [0.05, 0.1) is 17.0 Å². The molecule has 0 aliphatic heterocycles. The van der Waals surface area contributed by atoms with Gasteiger partial charge in [0, 0.05) is 17.8 Å². The summed E-state index contributed by atoms with van der Waals surface area (Å²) in [7, 11) is -8.13. The maximum Gasteiger partial charge on any atom is 0.289 e. The Morgan fingerprint density at radius 2 is 1.61 bits per heavy atom. The van der Waals surface area contributed by atoms with E-state index in [2.05, 4.69) is 10.5 Å². The Kier molecular flexibility index (Phi) is 7.28. The molecule has 0 aliphatic rings. The second-order valence-electron chi connectivity index (χ2n) is 8.23. The molecule has 3 rings (SSSR count). The fraction of sp³-hybridized carbons (Fsp3) is 0.391. The Morgan fingerprint density at radius 1 is 1.00 bits per heavy atom. The Balaban J connectivity index is 2.54. The molecule has 0 aliphatic carbocycles. The van der Waals surface area contributed by atoms with E-state index in [9.17, 15) is 21.6 Å². The third-order valence-corrected chi connectivity index (χ3v) is 9.12. The van der Waals surface area contributed by atoms with Gasteiger partial charge in [0.1, 0.15) is 15.5 Å². The number of carbonyl (C=O) groups is 1. The monoisotopic (exact) mass is 491 g/mol. The Labute approximate surface area is 194 Å². The molecule has 0 atom stereocenters. The van der Waals surface area contributed by atoms with Crippen LogP contribution in [0.5, 0.6) is 0 Å². The molecule has 0 saturated carbocycles. The lowest BCUT2D eigenvalue weighted by atomic mass is 10.1. The summed E-state index contributed by atoms with van der Waals surface area (Å²) in [6.07, 6.45) is 3.62. The van der Waals surface area contributed by atoms with Crippen molar-refractivity contribution in [1.29, 1.82) is 0 Å². The third kappa shape index (κ3) is 4.81. The summed E-state index contributed by atoms with van der Waals surface area (Å²) in [5.74, 6) is -1.25. The SMILES string of the molecule is CCCS(=O)(=O)c1c(S(=O)(=O)CCC)c2c3ccccc3ccn2c1C(=O)NN=CC(C)C. The Morgan fingerprint density at radius 3 is 2.21 bits per heavy atom. The van der Waals surface area contributed by atoms with Crippen molar-refractivity contribution >= 4 is 48.1 Å². The summed E-state index contributed by atoms with van der Waals surface area (Å²) in [6, 6.07) is 8.82. The lowest BCUT2D eigenvalue weighted by Gasteiger charge is -2.09. The minimum absolute atomic E-state index is 0.0575. The summed E-state index contributed by atoms with van der Waals surface area (Å²) in [4.78, 5) is 12.5. The van der Waals surface area contributed by atoms with E-state index >= 15 is 0 Å². The van der Waals surface area contributed by atoms with Crippen LogP contribution in [0.15, 0.2) is 51.4 Å². The first-order chi connectivity index (χ1) is 15.5. The highest BCUT2D eigenvalue weighted by molar-refractivity contribution is 7.94. The maximum absolute atomic E-state index is 13.5. The van der Waals surface area contributed by atoms with E-state index in [1.165, 1.54) is 16.8 Å². The molecule has 0 radical (unpaired) electrons. The zero-order valence-corrected chi connectivity index (χ0v) is 20.8. The zero-order chi connectivity index (χ0) is 24.4. The van der Waals surface area contributed by atoms with Crippen LogP contribution in [-0.4, -0.2) is 44.9 Å². The van der Waals surface area contributed by atoms with Gasteiger partial charge in [-0.15, -0.1) is 0 Å². The quantitative estimate of drug-likeness (QED) is 0.361. The van der Waals surface area contributed by atoms with Crippen molar-refractivity contribution in [1.82, 2.24) is 9.83 Å². The fourth-order valence-corrected chi connectivity index (χ4v) is 7.78. The number of amides is 1. The second kappa shape index (κ2) is 9.64. The van der Waals surface area contributed by atoms with Gasteiger partial charge in [-0.1, -0.05) is 52.0 Å². The highest BCUT2D eigenvalue weighted by atomic mass is 32.2. The van der Waals surface area contributed by atoms with Gasteiger partial charge in [0.15, 0.2) is 19.7 Å². The van der Waals surface area contributed by atoms with E-state index in [0.29, 0.717) is 11.8 Å². The molecule has 33 heavy (non-hydrogen) atoms. The first kappa shape index (κ1) is 24.9. The number of rotatable bonds is 9. The predicted molar refractivity (Wildman–Crippen MR) is 130 cm³/mol. The van der Waals surface area contributed by atoms with E-state index in [-0.39, 0.29) is 40.0 Å². The third-order valence-electron chi connectivity index (χ3n) is 5.06. The van der Waals surface area contributed by atoms with E-state index in [4.69, 9.17) is 0 Å². The molecule has 2 aromatic heterocycles. The van der Waals surface area contributed by atoms with Crippen LogP contribution >= 0.6 is 0 Å². The number of pyridine rings is 1. The molecule has 1 aromatic carbocycles. The van der Waals surface area contributed by atoms with Crippen LogP contribution in [0.2, 0.25) is 0 Å². The van der Waals surface area contributed by atoms with Crippen molar-refractivity contribution in [2.24, 2.45) is 11.0 Å². The van der Waals surface area contributed by atoms with Crippen LogP contribution in [-0.2, 0) is 19.7 Å². The van der Waals surface area contributed by atoms with Gasteiger partial charge < -0.3 is 4.40 Å². The van der Waals surface area contributed by atoms with Gasteiger partial charge in [0.2, 0.25) is 0 Å². The highest BCUT2D eigenvalue weighted by Crippen LogP contribution is 2.37. The minimum Gasteiger partial charge on any atom is -0.309 e. The van der Waals surface area contributed by atoms with Crippen LogP contribution in [0, 0.1) is 5.92 Å². The van der Waals surface area contributed by atoms with Gasteiger partial charge in [-0.2, -0.15) is 5.10 Å². The number of carbonyl (C=O) groups excluding carboxylic acids is 1. The number of aromatic nitrogens is 1. The second-order valence-corrected chi connectivity index (χ2v) is 12.3. The number of nitrogens with zero attached hydrogens (tertiary/aromatic N) is 2. The van der Waals surface area contributed by atoms with Crippen molar-refractivity contribution < 1.29 is 21.6 Å². The van der Waals surface area contributed by atoms with Crippen LogP contribution in [0.25, 0.3) is 16.3 Å². The fourth-order valence-electron chi connectivity index (χ4n) is 3.79. The van der Waals surface area contributed by atoms with Gasteiger partial charge in [-0.3, -0.25) is 4.79 Å². The molecule has 0 bridgehead atoms. The largest absolute Gasteiger partial charge is 0.309 e. The maximum atomic E-state index is 13.5. The first-order valence-corrected chi connectivity index (χ1v) is 14.2. The predicted octanol–water partition coefficient (Wildman–Crippen LogP) is 3.83. The summed E-state index contributed by atoms with van der Waals surface area (Å²) in [5.41, 5.74) is 2.31. The molecule has 0 spiro atoms. The lowest BCUT2D eigenvalue weighted by molar-refractivity contribution is 0.0945. The number of hydrogen-bond acceptors (Lipinski definition) is 6. The number of nitrogens with one attached hydrogen (secondary N) is 1. The smallest absolute Gasteiger partial charge is 0.289 e. The van der Waals surface area contributed by atoms with Crippen LogP contribution < -0.4 is 5.43 Å². The number of hydrazone groups is 1. The first-order valence-electron chi connectivity index (χ1n) is 10.9. The minimum atomic E-state index is -4.10. The highest BCUT2D eigenvalue weighted by Gasteiger charge is 2.37. The van der Waals surface area contributed by atoms with Gasteiger partial charge in [0.25, 0.3) is 5.91 Å². The van der Waals surface area contributed by atoms with Crippen LogP contribution in [0.3, 0.4) is 0 Å². The molecule has 8 nitrogen and oxygen atoms in total. The van der Waals surface area contributed by atoms with E-state index in [1.807, 2.05) is 26.0 Å². The van der Waals surface area contributed by atoms with Crippen molar-refractivity contribution in [3.63, 3.8) is 0 Å². The molecule has 0 fully saturated rings. The molecule has 0 unspecified atom stereocenters. The Bertz CT molecular complexity index is 1440. The summed E-state index contributed by atoms with van der Waals surface area (Å²) >= 11 is 0. The molecular weight excluding hydrogens is 462 g/mol. The number of hydrogen-bond donors (Lipinski definition) is 1. The van der Waals surface area contributed by atoms with Crippen LogP contribution in [0.1, 0.15) is 51.0 Å². The van der Waals surface area contributed by atoms with Crippen molar-refractivity contribution in [2.45, 2.75) is 50.3 Å². The van der Waals surface area contributed by atoms with Crippen molar-refractivity contribution in [3.05, 3.63) is 42.2 Å². The number of fused-ring (bicyclic) bond motifs is 3. The lowest BCUT2D eigenvalue weighted by Crippen LogP contribution is -2.23. The number of benzene rings is 1. The van der Waals surface area contributed by atoms with Crippen LogP contribution in [0.4, 0.5) is 0 Å². The summed E-state index contributed by atoms with van der Waals surface area (Å²) in [6.45, 7) is 7.15. The standard InChI is InChI=1S/C23H29N3O5S2/c1-5-13-32(28,29)21-19-18-10-8-7-9-17(18)11-12-26(19)20(22(21)33(30,31)14-6-2)23(27)25-24-15-16(3)4/h7-12,15-16H,5-6,13-14H2,1-4H3,(H,25,27). The molecular formula is C23H29N3O5S2. The molecule has 1 amide bonds. The summed E-state index contributed by atoms with van der Waals surface area (Å²) in [5, 5.41) is 5.20. The Hall–Kier alpha value is -2.72. The van der Waals surface area contributed by atoms with Crippen molar-refractivity contribution in [3.8, 4) is 0 Å². The van der Waals surface area contributed by atoms with Gasteiger partial charge >= 0.3 is 0 Å². The van der Waals surface area contributed by atoms with Gasteiger partial charge in [-0.05, 0) is 30.2 Å². The molecule has 3 aromatic rings. The topological polar surface area (TPSA) is 114 Å². The molecule has 1 N–H and O–H groups in total.